The third-order valence-corrected chi connectivity index (χ3v) is 6.06. The van der Waals surface area contributed by atoms with Crippen molar-refractivity contribution in [2.75, 3.05) is 7.11 Å². The summed E-state index contributed by atoms with van der Waals surface area (Å²) >= 11 is 0. The van der Waals surface area contributed by atoms with Gasteiger partial charge >= 0.3 is 6.03 Å². The van der Waals surface area contributed by atoms with Crippen LogP contribution in [-0.4, -0.2) is 34.1 Å². The number of fused-ring (bicyclic) bond motifs is 1. The van der Waals surface area contributed by atoms with Crippen molar-refractivity contribution < 1.29 is 18.8 Å². The number of para-hydroxylation sites is 1. The van der Waals surface area contributed by atoms with Gasteiger partial charge in [-0.25, -0.2) is 4.79 Å². The summed E-state index contributed by atoms with van der Waals surface area (Å²) in [7, 11) is 1.56. The van der Waals surface area contributed by atoms with Crippen molar-refractivity contribution in [3.8, 4) is 17.1 Å². The quantitative estimate of drug-likeness (QED) is 0.639. The standard InChI is InChI=1S/C23H22N4O4/c1-23(16-11-10-14-6-5-7-15(14)12-16)21(28)27(22(29)25-23)13-19-24-20(26-31-19)17-8-3-4-9-18(17)30-2/h3-4,8-12H,5-7,13H2,1-2H3,(H,25,29). The lowest BCUT2D eigenvalue weighted by Crippen LogP contribution is -2.41. The molecule has 1 N–H and O–H groups in total. The highest BCUT2D eigenvalue weighted by Crippen LogP contribution is 2.33. The second-order valence-corrected chi connectivity index (χ2v) is 8.00. The topological polar surface area (TPSA) is 97.6 Å². The van der Waals surface area contributed by atoms with E-state index in [9.17, 15) is 9.59 Å². The average Bonchev–Trinajstić information content (AvgIpc) is 3.49. The van der Waals surface area contributed by atoms with Crippen LogP contribution in [0.1, 0.15) is 35.9 Å². The number of hydrogen-bond donors (Lipinski definition) is 1. The lowest BCUT2D eigenvalue weighted by molar-refractivity contribution is -0.131. The summed E-state index contributed by atoms with van der Waals surface area (Å²) in [6, 6.07) is 12.8. The summed E-state index contributed by atoms with van der Waals surface area (Å²) in [6.07, 6.45) is 3.18. The zero-order chi connectivity index (χ0) is 21.6. The van der Waals surface area contributed by atoms with Gasteiger partial charge in [0.05, 0.1) is 12.7 Å². The number of rotatable bonds is 5. The van der Waals surface area contributed by atoms with E-state index < -0.39 is 11.6 Å². The monoisotopic (exact) mass is 418 g/mol. The zero-order valence-electron chi connectivity index (χ0n) is 17.3. The summed E-state index contributed by atoms with van der Waals surface area (Å²) in [5.74, 6) is 0.769. The number of methoxy groups -OCH3 is 1. The van der Waals surface area contributed by atoms with Crippen LogP contribution in [0.15, 0.2) is 47.0 Å². The number of ether oxygens (including phenoxy) is 1. The van der Waals surface area contributed by atoms with Gasteiger partial charge < -0.3 is 14.6 Å². The van der Waals surface area contributed by atoms with E-state index in [-0.39, 0.29) is 18.3 Å². The molecule has 5 rings (SSSR count). The highest BCUT2D eigenvalue weighted by atomic mass is 16.5. The van der Waals surface area contributed by atoms with Gasteiger partial charge in [-0.15, -0.1) is 0 Å². The molecule has 1 unspecified atom stereocenters. The largest absolute Gasteiger partial charge is 0.496 e. The van der Waals surface area contributed by atoms with Crippen molar-refractivity contribution in [3.05, 3.63) is 65.0 Å². The average molecular weight is 418 g/mol. The number of carbonyl (C=O) groups is 2. The number of carbonyl (C=O) groups excluding carboxylic acids is 2. The molecule has 1 saturated heterocycles. The zero-order valence-corrected chi connectivity index (χ0v) is 17.3. The van der Waals surface area contributed by atoms with Crippen molar-refractivity contribution in [3.63, 3.8) is 0 Å². The van der Waals surface area contributed by atoms with Crippen LogP contribution >= 0.6 is 0 Å². The van der Waals surface area contributed by atoms with E-state index in [4.69, 9.17) is 9.26 Å². The molecule has 2 heterocycles. The van der Waals surface area contributed by atoms with Crippen molar-refractivity contribution in [1.29, 1.82) is 0 Å². The molecule has 1 aliphatic heterocycles. The molecule has 2 aromatic carbocycles. The lowest BCUT2D eigenvalue weighted by Gasteiger charge is -2.22. The fourth-order valence-corrected chi connectivity index (χ4v) is 4.31. The Morgan fingerprint density at radius 3 is 2.81 bits per heavy atom. The van der Waals surface area contributed by atoms with Gasteiger partial charge in [0.15, 0.2) is 0 Å². The Labute approximate surface area is 179 Å². The minimum atomic E-state index is -1.12. The number of imide groups is 1. The Bertz CT molecular complexity index is 1190. The molecule has 1 aromatic heterocycles. The molecular formula is C23H22N4O4. The smallest absolute Gasteiger partial charge is 0.325 e. The van der Waals surface area contributed by atoms with Crippen LogP contribution in [0.4, 0.5) is 4.79 Å². The first kappa shape index (κ1) is 19.3. The van der Waals surface area contributed by atoms with Crippen LogP contribution in [0, 0.1) is 0 Å². The number of urea groups is 1. The van der Waals surface area contributed by atoms with Gasteiger partial charge in [-0.3, -0.25) is 9.69 Å². The van der Waals surface area contributed by atoms with E-state index in [1.54, 1.807) is 20.1 Å². The van der Waals surface area contributed by atoms with Gasteiger partial charge in [0.1, 0.15) is 17.8 Å². The van der Waals surface area contributed by atoms with Crippen LogP contribution in [0.2, 0.25) is 0 Å². The molecule has 1 aliphatic carbocycles. The normalized spacial score (nSPS) is 20.1. The molecule has 0 spiro atoms. The van der Waals surface area contributed by atoms with Gasteiger partial charge in [0.25, 0.3) is 5.91 Å². The van der Waals surface area contributed by atoms with Gasteiger partial charge in [-0.2, -0.15) is 4.98 Å². The maximum atomic E-state index is 13.3. The fraction of sp³-hybridized carbons (Fsp3) is 0.304. The third kappa shape index (κ3) is 3.15. The molecule has 0 radical (unpaired) electrons. The highest BCUT2D eigenvalue weighted by molar-refractivity contribution is 6.07. The van der Waals surface area contributed by atoms with Crippen molar-refractivity contribution >= 4 is 11.9 Å². The summed E-state index contributed by atoms with van der Waals surface area (Å²) in [4.78, 5) is 31.4. The third-order valence-electron chi connectivity index (χ3n) is 6.06. The summed E-state index contributed by atoms with van der Waals surface area (Å²) in [6.45, 7) is 1.63. The Morgan fingerprint density at radius 1 is 1.16 bits per heavy atom. The van der Waals surface area contributed by atoms with Crippen LogP contribution < -0.4 is 10.1 Å². The molecule has 3 amide bonds. The fourth-order valence-electron chi connectivity index (χ4n) is 4.31. The predicted octanol–water partition coefficient (Wildman–Crippen LogP) is 3.20. The number of aromatic nitrogens is 2. The maximum Gasteiger partial charge on any atom is 0.325 e. The summed E-state index contributed by atoms with van der Waals surface area (Å²) < 4.78 is 10.7. The minimum absolute atomic E-state index is 0.104. The summed E-state index contributed by atoms with van der Waals surface area (Å²) in [5.41, 5.74) is 2.89. The van der Waals surface area contributed by atoms with E-state index in [0.29, 0.717) is 17.1 Å². The predicted molar refractivity (Wildman–Crippen MR) is 111 cm³/mol. The Morgan fingerprint density at radius 2 is 1.97 bits per heavy atom. The number of nitrogens with zero attached hydrogens (tertiary/aromatic N) is 3. The van der Waals surface area contributed by atoms with Gasteiger partial charge in [-0.05, 0) is 55.0 Å². The second kappa shape index (κ2) is 7.23. The Balaban J connectivity index is 1.39. The van der Waals surface area contributed by atoms with E-state index in [2.05, 4.69) is 21.5 Å². The van der Waals surface area contributed by atoms with Gasteiger partial charge in [0, 0.05) is 0 Å². The molecule has 0 bridgehead atoms. The van der Waals surface area contributed by atoms with Crippen LogP contribution in [0.3, 0.4) is 0 Å². The first-order valence-corrected chi connectivity index (χ1v) is 10.2. The minimum Gasteiger partial charge on any atom is -0.496 e. The summed E-state index contributed by atoms with van der Waals surface area (Å²) in [5, 5.41) is 6.83. The molecule has 31 heavy (non-hydrogen) atoms. The van der Waals surface area contributed by atoms with E-state index in [1.165, 1.54) is 11.1 Å². The van der Waals surface area contributed by atoms with Crippen LogP contribution in [0.5, 0.6) is 5.75 Å². The number of amides is 3. The number of aryl methyl sites for hydroxylation is 2. The second-order valence-electron chi connectivity index (χ2n) is 8.00. The maximum absolute atomic E-state index is 13.3. The molecule has 1 atom stereocenters. The first-order valence-electron chi connectivity index (χ1n) is 10.2. The van der Waals surface area contributed by atoms with E-state index >= 15 is 0 Å². The van der Waals surface area contributed by atoms with E-state index in [0.717, 1.165) is 29.7 Å². The molecule has 8 heteroatoms. The highest BCUT2D eigenvalue weighted by Gasteiger charge is 2.49. The van der Waals surface area contributed by atoms with Gasteiger partial charge in [0.2, 0.25) is 11.7 Å². The number of benzene rings is 2. The van der Waals surface area contributed by atoms with Crippen molar-refractivity contribution in [1.82, 2.24) is 20.4 Å². The Hall–Kier alpha value is -3.68. The van der Waals surface area contributed by atoms with Crippen molar-refractivity contribution in [2.45, 2.75) is 38.3 Å². The molecule has 0 saturated carbocycles. The van der Waals surface area contributed by atoms with Crippen molar-refractivity contribution in [2.24, 2.45) is 0 Å². The molecule has 8 nitrogen and oxygen atoms in total. The molecule has 3 aromatic rings. The number of hydrogen-bond acceptors (Lipinski definition) is 6. The van der Waals surface area contributed by atoms with Gasteiger partial charge in [-0.1, -0.05) is 35.5 Å². The van der Waals surface area contributed by atoms with Crippen LogP contribution in [-0.2, 0) is 29.7 Å². The van der Waals surface area contributed by atoms with Crippen LogP contribution in [0.25, 0.3) is 11.4 Å². The lowest BCUT2D eigenvalue weighted by atomic mass is 9.90. The SMILES string of the molecule is COc1ccccc1-c1noc(CN2C(=O)NC(C)(c3ccc4c(c3)CCC4)C2=O)n1. The van der Waals surface area contributed by atoms with E-state index in [1.807, 2.05) is 30.3 Å². The Kier molecular flexibility index (Phi) is 4.50. The molecule has 2 aliphatic rings. The number of nitrogens with one attached hydrogen (secondary N) is 1. The first-order chi connectivity index (χ1) is 15.0. The molecule has 1 fully saturated rings. The molecular weight excluding hydrogens is 396 g/mol. The molecule has 158 valence electrons.